The van der Waals surface area contributed by atoms with E-state index in [2.05, 4.69) is 32.7 Å². The number of pyridine rings is 1. The van der Waals surface area contributed by atoms with Crippen LogP contribution in [-0.4, -0.2) is 65.0 Å². The van der Waals surface area contributed by atoms with Gasteiger partial charge in [0.1, 0.15) is 11.9 Å². The van der Waals surface area contributed by atoms with Gasteiger partial charge in [-0.2, -0.15) is 0 Å². The first-order valence-corrected chi connectivity index (χ1v) is 18.0. The summed E-state index contributed by atoms with van der Waals surface area (Å²) < 4.78 is 5.83. The van der Waals surface area contributed by atoms with E-state index in [1.54, 1.807) is 12.1 Å². The lowest BCUT2D eigenvalue weighted by Gasteiger charge is -2.31. The number of likely N-dealkylation sites (tertiary alicyclic amines) is 1. The molecule has 3 aromatic rings. The van der Waals surface area contributed by atoms with Crippen molar-refractivity contribution in [1.82, 2.24) is 15.2 Å². The number of aliphatic hydroxyl groups excluding tert-OH is 1. The molecular weight excluding hydrogens is 592 g/mol. The number of fused-ring (bicyclic) bond motifs is 1. The van der Waals surface area contributed by atoms with Gasteiger partial charge in [-0.15, -0.1) is 0 Å². The first-order valence-electron chi connectivity index (χ1n) is 18.0. The van der Waals surface area contributed by atoms with Crippen LogP contribution in [0.2, 0.25) is 0 Å². The molecule has 1 aliphatic carbocycles. The molecule has 2 aliphatic rings. The topological polar surface area (TPSA) is 127 Å². The van der Waals surface area contributed by atoms with Gasteiger partial charge >= 0.3 is 6.09 Å². The molecule has 5 N–H and O–H groups in total. The minimum Gasteiger partial charge on any atom is -0.506 e. The van der Waals surface area contributed by atoms with E-state index in [0.29, 0.717) is 28.9 Å². The van der Waals surface area contributed by atoms with Crippen LogP contribution < -0.4 is 16.2 Å². The number of aromatic nitrogens is 1. The molecule has 1 saturated heterocycles. The van der Waals surface area contributed by atoms with Crippen molar-refractivity contribution in [3.05, 3.63) is 70.0 Å². The number of phenols is 1. The molecule has 0 radical (unpaired) electrons. The molecule has 1 atom stereocenters. The Bertz CT molecular complexity index is 1460. The van der Waals surface area contributed by atoms with Crippen LogP contribution >= 0.6 is 0 Å². The number of rotatable bonds is 16. The van der Waals surface area contributed by atoms with Crippen LogP contribution in [0.25, 0.3) is 10.9 Å². The van der Waals surface area contributed by atoms with Gasteiger partial charge in [-0.3, -0.25) is 10.1 Å². The number of anilines is 1. The lowest BCUT2D eigenvalue weighted by atomic mass is 9.83. The van der Waals surface area contributed by atoms with E-state index in [9.17, 15) is 19.8 Å². The van der Waals surface area contributed by atoms with Gasteiger partial charge in [-0.05, 0) is 86.9 Å². The number of ether oxygens (including phenoxy) is 1. The number of carbonyl (C=O) groups excluding carboxylic acids is 1. The molecule has 1 amide bonds. The van der Waals surface area contributed by atoms with Gasteiger partial charge < -0.3 is 30.2 Å². The SMILES string of the molecule is O=C(Nc1ccccc1C1CCCCC1)OC1CCN(CCCCCCCCCNC[C@@H](O)c2ccc(O)c3[nH]c(=O)ccc23)CC1. The lowest BCUT2D eigenvalue weighted by Crippen LogP contribution is -2.38. The minimum absolute atomic E-state index is 0.000962. The predicted molar refractivity (Wildman–Crippen MR) is 188 cm³/mol. The van der Waals surface area contributed by atoms with Crippen LogP contribution in [0.4, 0.5) is 10.5 Å². The molecule has 9 heteroatoms. The van der Waals surface area contributed by atoms with E-state index in [1.165, 1.54) is 88.3 Å². The lowest BCUT2D eigenvalue weighted by molar-refractivity contribution is 0.0584. The summed E-state index contributed by atoms with van der Waals surface area (Å²) in [5.41, 5.74) is 2.93. The average Bonchev–Trinajstić information content (AvgIpc) is 3.09. The van der Waals surface area contributed by atoms with Crippen molar-refractivity contribution in [3.8, 4) is 5.75 Å². The van der Waals surface area contributed by atoms with Crippen LogP contribution in [0, 0.1) is 0 Å². The van der Waals surface area contributed by atoms with Crippen LogP contribution in [0.1, 0.15) is 113 Å². The smallest absolute Gasteiger partial charge is 0.411 e. The third kappa shape index (κ3) is 10.5. The standard InChI is InChI=1S/C38H54N4O5/c43-34-19-17-31(32-18-20-36(45)41-37(32)34)35(44)27-39-23-11-4-2-1-3-5-12-24-42-25-21-29(22-26-42)47-38(46)40-33-16-10-9-15-30(33)28-13-7-6-8-14-28/h9-10,15-20,28-29,35,39,43-44H,1-8,11-14,21-27H2,(H,40,46)(H,41,45)/t35-/m1/s1. The van der Waals surface area contributed by atoms with Crippen LogP contribution in [0.5, 0.6) is 5.75 Å². The van der Waals surface area contributed by atoms with Crippen molar-refractivity contribution in [2.45, 2.75) is 108 Å². The van der Waals surface area contributed by atoms with Gasteiger partial charge in [-0.1, -0.05) is 75.6 Å². The summed E-state index contributed by atoms with van der Waals surface area (Å²) in [4.78, 5) is 29.5. The second-order valence-electron chi connectivity index (χ2n) is 13.5. The fourth-order valence-corrected chi connectivity index (χ4v) is 7.29. The Morgan fingerprint density at radius 3 is 2.40 bits per heavy atom. The highest BCUT2D eigenvalue weighted by Crippen LogP contribution is 2.36. The van der Waals surface area contributed by atoms with Crippen molar-refractivity contribution >= 4 is 22.7 Å². The predicted octanol–water partition coefficient (Wildman–Crippen LogP) is 7.35. The van der Waals surface area contributed by atoms with E-state index < -0.39 is 6.10 Å². The van der Waals surface area contributed by atoms with E-state index in [0.717, 1.165) is 51.1 Å². The monoisotopic (exact) mass is 646 g/mol. The number of amides is 1. The highest BCUT2D eigenvalue weighted by Gasteiger charge is 2.24. The first-order chi connectivity index (χ1) is 23.0. The zero-order valence-corrected chi connectivity index (χ0v) is 27.9. The first kappa shape index (κ1) is 34.9. The molecule has 0 spiro atoms. The maximum atomic E-state index is 12.7. The summed E-state index contributed by atoms with van der Waals surface area (Å²) in [6, 6.07) is 14.5. The third-order valence-corrected chi connectivity index (χ3v) is 9.98. The highest BCUT2D eigenvalue weighted by molar-refractivity contribution is 5.87. The Balaban J connectivity index is 0.866. The molecule has 2 heterocycles. The number of hydrogen-bond acceptors (Lipinski definition) is 7. The number of hydrogen-bond donors (Lipinski definition) is 5. The van der Waals surface area contributed by atoms with Crippen molar-refractivity contribution < 1.29 is 19.7 Å². The molecule has 2 aromatic carbocycles. The van der Waals surface area contributed by atoms with Gasteiger partial charge in [0.25, 0.3) is 0 Å². The van der Waals surface area contributed by atoms with Gasteiger partial charge in [0.05, 0.1) is 11.6 Å². The van der Waals surface area contributed by atoms with Gasteiger partial charge in [0, 0.05) is 36.8 Å². The van der Waals surface area contributed by atoms with Gasteiger partial charge in [0.15, 0.2) is 0 Å². The Morgan fingerprint density at radius 1 is 0.894 bits per heavy atom. The number of piperidine rings is 1. The van der Waals surface area contributed by atoms with Gasteiger partial charge in [-0.25, -0.2) is 4.79 Å². The molecule has 1 aliphatic heterocycles. The number of unbranched alkanes of at least 4 members (excludes halogenated alkanes) is 6. The number of H-pyrrole nitrogens is 1. The minimum atomic E-state index is -0.722. The van der Waals surface area contributed by atoms with Crippen molar-refractivity contribution in [1.29, 1.82) is 0 Å². The number of nitrogens with one attached hydrogen (secondary N) is 3. The van der Waals surface area contributed by atoms with E-state index in [4.69, 9.17) is 4.74 Å². The number of carbonyl (C=O) groups is 1. The van der Waals surface area contributed by atoms with Crippen LogP contribution in [0.15, 0.2) is 53.3 Å². The molecule has 0 unspecified atom stereocenters. The molecule has 1 aromatic heterocycles. The maximum Gasteiger partial charge on any atom is 0.411 e. The maximum absolute atomic E-state index is 12.7. The van der Waals surface area contributed by atoms with Crippen LogP contribution in [-0.2, 0) is 4.74 Å². The molecule has 5 rings (SSSR count). The summed E-state index contributed by atoms with van der Waals surface area (Å²) >= 11 is 0. The largest absolute Gasteiger partial charge is 0.506 e. The fourth-order valence-electron chi connectivity index (χ4n) is 7.29. The summed E-state index contributed by atoms with van der Waals surface area (Å²) in [5, 5.41) is 27.8. The summed E-state index contributed by atoms with van der Waals surface area (Å²) in [6.45, 7) is 4.36. The molecule has 256 valence electrons. The average molecular weight is 647 g/mol. The normalized spacial score (nSPS) is 17.1. The fraction of sp³-hybridized carbons (Fsp3) is 0.579. The van der Waals surface area contributed by atoms with E-state index >= 15 is 0 Å². The van der Waals surface area contributed by atoms with Crippen molar-refractivity contribution in [3.63, 3.8) is 0 Å². The van der Waals surface area contributed by atoms with E-state index in [1.807, 2.05) is 12.1 Å². The number of para-hydroxylation sites is 1. The Hall–Kier alpha value is -3.40. The Labute approximate surface area is 279 Å². The molecule has 9 nitrogen and oxygen atoms in total. The Kier molecular flexibility index (Phi) is 13.5. The summed E-state index contributed by atoms with van der Waals surface area (Å²) in [5.74, 6) is 0.537. The second kappa shape index (κ2) is 18.2. The number of aromatic hydroxyl groups is 1. The third-order valence-electron chi connectivity index (χ3n) is 9.98. The molecule has 2 fully saturated rings. The molecule has 1 saturated carbocycles. The molecular formula is C38H54N4O5. The van der Waals surface area contributed by atoms with Gasteiger partial charge in [0.2, 0.25) is 5.56 Å². The number of nitrogens with zero attached hydrogens (tertiary/aromatic N) is 1. The summed E-state index contributed by atoms with van der Waals surface area (Å²) in [6.07, 6.45) is 15.4. The number of phenolic OH excluding ortho intramolecular Hbond substituents is 1. The zero-order chi connectivity index (χ0) is 32.8. The second-order valence-corrected chi connectivity index (χ2v) is 13.5. The quantitative estimate of drug-likeness (QED) is 0.103. The van der Waals surface area contributed by atoms with Crippen molar-refractivity contribution in [2.24, 2.45) is 0 Å². The highest BCUT2D eigenvalue weighted by atomic mass is 16.6. The van der Waals surface area contributed by atoms with Crippen molar-refractivity contribution in [2.75, 3.05) is 38.0 Å². The van der Waals surface area contributed by atoms with Crippen LogP contribution in [0.3, 0.4) is 0 Å². The molecule has 0 bridgehead atoms. The zero-order valence-electron chi connectivity index (χ0n) is 27.9. The number of benzene rings is 2. The van der Waals surface area contributed by atoms with E-state index in [-0.39, 0.29) is 23.5 Å². The molecule has 47 heavy (non-hydrogen) atoms. The Morgan fingerprint density at radius 2 is 1.62 bits per heavy atom. The number of aromatic amines is 1. The number of aliphatic hydroxyl groups is 1. The summed E-state index contributed by atoms with van der Waals surface area (Å²) in [7, 11) is 0.